The highest BCUT2D eigenvalue weighted by Crippen LogP contribution is 2.23. The van der Waals surface area contributed by atoms with Gasteiger partial charge >= 0.3 is 11.7 Å². The summed E-state index contributed by atoms with van der Waals surface area (Å²) in [5.41, 5.74) is 7.57. The van der Waals surface area contributed by atoms with Gasteiger partial charge in [0.25, 0.3) is 5.56 Å². The molecule has 5 heterocycles. The Morgan fingerprint density at radius 3 is 2.74 bits per heavy atom. The molecule has 2 N–H and O–H groups in total. The Kier molecular flexibility index (Phi) is 7.26. The van der Waals surface area contributed by atoms with Crippen LogP contribution in [-0.4, -0.2) is 59.8 Å². The van der Waals surface area contributed by atoms with Crippen molar-refractivity contribution in [2.45, 2.75) is 59.3 Å². The summed E-state index contributed by atoms with van der Waals surface area (Å²) in [4.78, 5) is 51.7. The second kappa shape index (κ2) is 10.8. The molecule has 1 atom stereocenters. The minimum Gasteiger partial charge on any atom is -0.465 e. The van der Waals surface area contributed by atoms with Crippen molar-refractivity contribution in [2.75, 3.05) is 24.6 Å². The lowest BCUT2D eigenvalue weighted by molar-refractivity contribution is -0.143. The van der Waals surface area contributed by atoms with Crippen LogP contribution in [0.25, 0.3) is 16.8 Å². The van der Waals surface area contributed by atoms with Crippen molar-refractivity contribution in [3.05, 3.63) is 56.6 Å². The van der Waals surface area contributed by atoms with E-state index in [1.54, 1.807) is 24.6 Å². The first-order chi connectivity index (χ1) is 18.8. The Bertz CT molecular complexity index is 1730. The molecule has 12 nitrogen and oxygen atoms in total. The van der Waals surface area contributed by atoms with Crippen LogP contribution in [0.2, 0.25) is 0 Å². The number of anilines is 1. The molecule has 4 aromatic rings. The number of ether oxygens (including phenoxy) is 1. The second-order valence-corrected chi connectivity index (χ2v) is 9.64. The average molecular weight is 533 g/mol. The van der Waals surface area contributed by atoms with Crippen molar-refractivity contribution in [3.8, 4) is 11.8 Å². The molecule has 1 aliphatic rings. The number of fused-ring (bicyclic) bond motifs is 2. The highest BCUT2D eigenvalue weighted by atomic mass is 16.5. The minimum atomic E-state index is -0.664. The molecule has 12 heteroatoms. The lowest BCUT2D eigenvalue weighted by Crippen LogP contribution is -2.44. The third-order valence-electron chi connectivity index (χ3n) is 6.91. The zero-order chi connectivity index (χ0) is 27.7. The fourth-order valence-electron chi connectivity index (χ4n) is 5.07. The molecular weight excluding hydrogens is 500 g/mol. The van der Waals surface area contributed by atoms with Gasteiger partial charge in [-0.2, -0.15) is 4.98 Å². The predicted molar refractivity (Wildman–Crippen MR) is 147 cm³/mol. The lowest BCUT2D eigenvalue weighted by atomic mass is 10.1. The molecular formula is C27H32N8O4. The van der Waals surface area contributed by atoms with Crippen LogP contribution in [0.3, 0.4) is 0 Å². The summed E-state index contributed by atoms with van der Waals surface area (Å²) in [7, 11) is 0. The zero-order valence-electron chi connectivity index (χ0n) is 22.4. The van der Waals surface area contributed by atoms with Crippen LogP contribution in [0, 0.1) is 18.8 Å². The van der Waals surface area contributed by atoms with E-state index in [0.717, 1.165) is 23.1 Å². The summed E-state index contributed by atoms with van der Waals surface area (Å²) in [5.74, 6) is 5.79. The van der Waals surface area contributed by atoms with E-state index in [9.17, 15) is 14.4 Å². The second-order valence-electron chi connectivity index (χ2n) is 9.64. The van der Waals surface area contributed by atoms with Gasteiger partial charge in [0, 0.05) is 31.0 Å². The van der Waals surface area contributed by atoms with Gasteiger partial charge in [-0.15, -0.1) is 5.92 Å². The number of rotatable bonds is 7. The monoisotopic (exact) mass is 532 g/mol. The molecule has 0 spiro atoms. The third-order valence-corrected chi connectivity index (χ3v) is 6.91. The summed E-state index contributed by atoms with van der Waals surface area (Å²) in [6.07, 6.45) is 3.57. The van der Waals surface area contributed by atoms with Gasteiger partial charge in [-0.05, 0) is 45.7 Å². The van der Waals surface area contributed by atoms with Crippen LogP contribution in [0.1, 0.15) is 38.1 Å². The number of hydrogen-bond donors (Lipinski definition) is 1. The summed E-state index contributed by atoms with van der Waals surface area (Å²) in [5, 5.41) is 0. The minimum absolute atomic E-state index is 0.0406. The van der Waals surface area contributed by atoms with Gasteiger partial charge in [0.1, 0.15) is 12.2 Å². The Morgan fingerprint density at radius 2 is 2.03 bits per heavy atom. The molecule has 0 amide bonds. The van der Waals surface area contributed by atoms with Gasteiger partial charge in [-0.3, -0.25) is 23.3 Å². The molecule has 1 saturated heterocycles. The van der Waals surface area contributed by atoms with Crippen LogP contribution in [0.5, 0.6) is 0 Å². The number of pyridine rings is 1. The standard InChI is InChI=1S/C27H32N8O4/c1-4-6-13-32-23-24(30-26(32)31-12-8-10-19(28)14-31)34(17-22(36)39-5-2)27(38)35(25(23)37)16-20-15-33-18(3)9-7-11-21(33)29-20/h7,9,11,15,19H,5,8,10,12-14,16-17,28H2,1-3H3. The van der Waals surface area contributed by atoms with Crippen molar-refractivity contribution in [2.24, 2.45) is 5.73 Å². The first-order valence-corrected chi connectivity index (χ1v) is 13.1. The molecule has 0 saturated carbocycles. The maximum Gasteiger partial charge on any atom is 0.333 e. The topological polar surface area (TPSA) is 135 Å². The fraction of sp³-hybridized carbons (Fsp3) is 0.444. The maximum absolute atomic E-state index is 14.0. The molecule has 204 valence electrons. The van der Waals surface area contributed by atoms with Gasteiger partial charge in [-0.1, -0.05) is 12.0 Å². The van der Waals surface area contributed by atoms with E-state index in [1.807, 2.05) is 34.4 Å². The Morgan fingerprint density at radius 1 is 1.21 bits per heavy atom. The fourth-order valence-corrected chi connectivity index (χ4v) is 5.07. The maximum atomic E-state index is 14.0. The van der Waals surface area contributed by atoms with Crippen molar-refractivity contribution in [1.29, 1.82) is 0 Å². The van der Waals surface area contributed by atoms with Gasteiger partial charge < -0.3 is 19.8 Å². The van der Waals surface area contributed by atoms with Crippen LogP contribution < -0.4 is 21.9 Å². The SMILES string of the molecule is CC#CCn1c(N2CCCC(N)C2)nc2c1c(=O)n(Cc1cn3c(C)cccc3n1)c(=O)n2CC(=O)OCC. The molecule has 1 fully saturated rings. The number of carbonyl (C=O) groups excluding carboxylic acids is 1. The van der Waals surface area contributed by atoms with E-state index < -0.39 is 17.2 Å². The van der Waals surface area contributed by atoms with Gasteiger partial charge in [0.15, 0.2) is 11.2 Å². The van der Waals surface area contributed by atoms with Crippen LogP contribution in [-0.2, 0) is 29.2 Å². The Balaban J connectivity index is 1.74. The Labute approximate surface area is 224 Å². The number of hydrogen-bond acceptors (Lipinski definition) is 8. The first-order valence-electron chi connectivity index (χ1n) is 13.1. The van der Waals surface area contributed by atoms with E-state index in [1.165, 1.54) is 4.57 Å². The summed E-state index contributed by atoms with van der Waals surface area (Å²) >= 11 is 0. The molecule has 5 rings (SSSR count). The number of esters is 1. The molecule has 39 heavy (non-hydrogen) atoms. The molecule has 0 aliphatic carbocycles. The number of piperidine rings is 1. The normalized spacial score (nSPS) is 15.5. The summed E-state index contributed by atoms with van der Waals surface area (Å²) in [6.45, 7) is 6.50. The highest BCUT2D eigenvalue weighted by molar-refractivity contribution is 5.77. The number of nitrogens with two attached hydrogens (primary N) is 1. The van der Waals surface area contributed by atoms with Crippen molar-refractivity contribution >= 4 is 28.7 Å². The molecule has 1 aliphatic heterocycles. The number of nitrogens with zero attached hydrogens (tertiary/aromatic N) is 7. The van der Waals surface area contributed by atoms with Gasteiger partial charge in [0.05, 0.1) is 25.4 Å². The van der Waals surface area contributed by atoms with Crippen molar-refractivity contribution in [3.63, 3.8) is 0 Å². The number of aryl methyl sites for hydroxylation is 1. The van der Waals surface area contributed by atoms with E-state index in [0.29, 0.717) is 30.4 Å². The molecule has 0 radical (unpaired) electrons. The first kappa shape index (κ1) is 26.2. The number of carbonyl (C=O) groups is 1. The molecule has 4 aromatic heterocycles. The zero-order valence-corrected chi connectivity index (χ0v) is 22.4. The Hall–Kier alpha value is -4.37. The number of aromatic nitrogens is 6. The summed E-state index contributed by atoms with van der Waals surface area (Å²) < 4.78 is 11.1. The van der Waals surface area contributed by atoms with E-state index >= 15 is 0 Å². The van der Waals surface area contributed by atoms with Crippen LogP contribution in [0.4, 0.5) is 5.95 Å². The summed E-state index contributed by atoms with van der Waals surface area (Å²) in [6, 6.07) is 5.66. The third kappa shape index (κ3) is 4.93. The quantitative estimate of drug-likeness (QED) is 0.274. The highest BCUT2D eigenvalue weighted by Gasteiger charge is 2.27. The smallest absolute Gasteiger partial charge is 0.333 e. The molecule has 1 unspecified atom stereocenters. The predicted octanol–water partition coefficient (Wildman–Crippen LogP) is 0.878. The van der Waals surface area contributed by atoms with Gasteiger partial charge in [0.2, 0.25) is 5.95 Å². The van der Waals surface area contributed by atoms with Crippen molar-refractivity contribution in [1.82, 2.24) is 28.1 Å². The van der Waals surface area contributed by atoms with Crippen molar-refractivity contribution < 1.29 is 9.53 Å². The van der Waals surface area contributed by atoms with E-state index in [-0.39, 0.29) is 43.4 Å². The molecule has 0 aromatic carbocycles. The van der Waals surface area contributed by atoms with E-state index in [2.05, 4.69) is 16.8 Å². The van der Waals surface area contributed by atoms with Crippen LogP contribution >= 0.6 is 0 Å². The largest absolute Gasteiger partial charge is 0.465 e. The number of imidazole rings is 2. The average Bonchev–Trinajstić information content (AvgIpc) is 3.50. The van der Waals surface area contributed by atoms with Gasteiger partial charge in [-0.25, -0.2) is 9.78 Å². The molecule has 0 bridgehead atoms. The van der Waals surface area contributed by atoms with E-state index in [4.69, 9.17) is 15.5 Å². The lowest BCUT2D eigenvalue weighted by Gasteiger charge is -2.31. The van der Waals surface area contributed by atoms with Crippen LogP contribution in [0.15, 0.2) is 34.0 Å².